The van der Waals surface area contributed by atoms with Gasteiger partial charge in [-0.2, -0.15) is 0 Å². The second-order valence-corrected chi connectivity index (χ2v) is 8.73. The molecule has 2 aromatic rings. The maximum absolute atomic E-state index is 13.5. The number of piperidine rings is 2. The number of amides is 1. The number of esters is 1. The van der Waals surface area contributed by atoms with Crippen LogP contribution in [0.3, 0.4) is 0 Å². The van der Waals surface area contributed by atoms with E-state index in [9.17, 15) is 9.59 Å². The van der Waals surface area contributed by atoms with E-state index in [1.54, 1.807) is 14.2 Å². The van der Waals surface area contributed by atoms with E-state index in [-0.39, 0.29) is 29.8 Å². The van der Waals surface area contributed by atoms with Crippen molar-refractivity contribution in [3.63, 3.8) is 0 Å². The standard InChI is InChI=1S/C23H28N2O5/c1-5-12-8-13-11-23(22(27)30-4)19-14(6-7-25(20(12)23)21(13)26)15-9-17(28-2)18(29-3)10-16(15)24-19/h9-10,12-13,20,24H,5-8,11H2,1-4H3. The van der Waals surface area contributed by atoms with Crippen LogP contribution in [0, 0.1) is 11.8 Å². The Morgan fingerprint density at radius 1 is 1.23 bits per heavy atom. The molecule has 1 amide bonds. The first-order chi connectivity index (χ1) is 14.5. The number of aromatic amines is 1. The highest BCUT2D eigenvalue weighted by molar-refractivity contribution is 5.96. The smallest absolute Gasteiger partial charge is 0.319 e. The zero-order chi connectivity index (χ0) is 21.2. The summed E-state index contributed by atoms with van der Waals surface area (Å²) in [4.78, 5) is 32.1. The van der Waals surface area contributed by atoms with Gasteiger partial charge in [0.15, 0.2) is 11.5 Å². The summed E-state index contributed by atoms with van der Waals surface area (Å²) >= 11 is 0. The topological polar surface area (TPSA) is 80.9 Å². The zero-order valence-electron chi connectivity index (χ0n) is 17.9. The minimum atomic E-state index is -0.864. The number of carbonyl (C=O) groups excluding carboxylic acids is 2. The molecule has 3 aliphatic heterocycles. The Bertz CT molecular complexity index is 1040. The number of rotatable bonds is 4. The summed E-state index contributed by atoms with van der Waals surface area (Å²) in [6.45, 7) is 2.76. The number of ether oxygens (including phenoxy) is 3. The molecule has 4 heterocycles. The Kier molecular flexibility index (Phi) is 4.27. The Morgan fingerprint density at radius 3 is 2.63 bits per heavy atom. The molecule has 4 aliphatic rings. The predicted molar refractivity (Wildman–Crippen MR) is 111 cm³/mol. The molecule has 4 atom stereocenters. The number of hydrogen-bond acceptors (Lipinski definition) is 5. The first-order valence-electron chi connectivity index (χ1n) is 10.7. The number of benzene rings is 1. The van der Waals surface area contributed by atoms with Crippen molar-refractivity contribution in [2.24, 2.45) is 11.8 Å². The van der Waals surface area contributed by atoms with Gasteiger partial charge in [-0.3, -0.25) is 9.59 Å². The van der Waals surface area contributed by atoms with Crippen LogP contribution in [0.5, 0.6) is 11.5 Å². The number of fused-ring (bicyclic) bond motifs is 4. The monoisotopic (exact) mass is 412 g/mol. The molecule has 7 heteroatoms. The molecule has 0 spiro atoms. The minimum absolute atomic E-state index is 0.138. The molecule has 1 aromatic carbocycles. The lowest BCUT2D eigenvalue weighted by Gasteiger charge is -2.57. The third-order valence-electron chi connectivity index (χ3n) is 7.61. The number of methoxy groups -OCH3 is 3. The summed E-state index contributed by atoms with van der Waals surface area (Å²) in [5.41, 5.74) is 2.03. The summed E-state index contributed by atoms with van der Waals surface area (Å²) in [6, 6.07) is 3.72. The zero-order valence-corrected chi connectivity index (χ0v) is 17.9. The molecule has 0 radical (unpaired) electrons. The van der Waals surface area contributed by atoms with E-state index in [2.05, 4.69) is 11.9 Å². The Hall–Kier alpha value is -2.70. The number of hydrogen-bond donors (Lipinski definition) is 1. The molecule has 1 N–H and O–H groups in total. The van der Waals surface area contributed by atoms with Gasteiger partial charge in [0.2, 0.25) is 5.91 Å². The lowest BCUT2D eigenvalue weighted by Crippen LogP contribution is -2.69. The molecule has 4 unspecified atom stereocenters. The summed E-state index contributed by atoms with van der Waals surface area (Å²) < 4.78 is 16.4. The van der Waals surface area contributed by atoms with E-state index < -0.39 is 5.41 Å². The van der Waals surface area contributed by atoms with Gasteiger partial charge < -0.3 is 24.1 Å². The van der Waals surface area contributed by atoms with E-state index in [0.29, 0.717) is 30.9 Å². The van der Waals surface area contributed by atoms with Crippen molar-refractivity contribution in [1.82, 2.24) is 9.88 Å². The highest BCUT2D eigenvalue weighted by Gasteiger charge is 2.65. The molecule has 3 fully saturated rings. The fourth-order valence-electron chi connectivity index (χ4n) is 6.40. The van der Waals surface area contributed by atoms with Crippen molar-refractivity contribution in [1.29, 1.82) is 0 Å². The van der Waals surface area contributed by atoms with Crippen LogP contribution in [0.1, 0.15) is 37.4 Å². The highest BCUT2D eigenvalue weighted by atomic mass is 16.5. The first kappa shape index (κ1) is 19.3. The van der Waals surface area contributed by atoms with Gasteiger partial charge in [0.1, 0.15) is 5.41 Å². The molecular weight excluding hydrogens is 384 g/mol. The fourth-order valence-corrected chi connectivity index (χ4v) is 6.40. The molecular formula is C23H28N2O5. The van der Waals surface area contributed by atoms with Crippen LogP contribution in [0.25, 0.3) is 10.9 Å². The van der Waals surface area contributed by atoms with Crippen LogP contribution < -0.4 is 9.47 Å². The highest BCUT2D eigenvalue weighted by Crippen LogP contribution is 2.56. The molecule has 1 aliphatic carbocycles. The molecule has 4 bridgehead atoms. The molecule has 1 aromatic heterocycles. The Labute approximate surface area is 175 Å². The van der Waals surface area contributed by atoms with Crippen LogP contribution in [0.4, 0.5) is 0 Å². The van der Waals surface area contributed by atoms with Gasteiger partial charge in [-0.15, -0.1) is 0 Å². The second-order valence-electron chi connectivity index (χ2n) is 8.73. The minimum Gasteiger partial charge on any atom is -0.493 e. The average molecular weight is 412 g/mol. The van der Waals surface area contributed by atoms with Gasteiger partial charge in [0, 0.05) is 35.1 Å². The van der Waals surface area contributed by atoms with E-state index in [0.717, 1.165) is 35.0 Å². The van der Waals surface area contributed by atoms with Gasteiger partial charge in [-0.1, -0.05) is 13.3 Å². The molecule has 2 saturated heterocycles. The number of aromatic nitrogens is 1. The van der Waals surface area contributed by atoms with E-state index in [4.69, 9.17) is 14.2 Å². The van der Waals surface area contributed by atoms with Crippen LogP contribution in [-0.2, 0) is 26.2 Å². The molecule has 6 rings (SSSR count). The molecule has 1 saturated carbocycles. The fraction of sp³-hybridized carbons (Fsp3) is 0.565. The van der Waals surface area contributed by atoms with E-state index in [1.807, 2.05) is 17.0 Å². The van der Waals surface area contributed by atoms with Crippen LogP contribution in [-0.4, -0.2) is 55.7 Å². The predicted octanol–water partition coefficient (Wildman–Crippen LogP) is 2.80. The third-order valence-corrected chi connectivity index (χ3v) is 7.61. The SMILES string of the molecule is CCC1CC2CC3(C(=O)OC)c4[nH]c5cc(OC)c(OC)cc5c4CCN(C2=O)C13. The number of carbonyl (C=O) groups is 2. The summed E-state index contributed by atoms with van der Waals surface area (Å²) in [7, 11) is 4.68. The summed E-state index contributed by atoms with van der Waals surface area (Å²) in [5.74, 6) is 1.37. The van der Waals surface area contributed by atoms with Crippen molar-refractivity contribution in [3.8, 4) is 11.5 Å². The second kappa shape index (κ2) is 6.65. The van der Waals surface area contributed by atoms with Gasteiger partial charge in [0.05, 0.1) is 27.4 Å². The van der Waals surface area contributed by atoms with Crippen LogP contribution in [0.15, 0.2) is 12.1 Å². The quantitative estimate of drug-likeness (QED) is 0.781. The van der Waals surface area contributed by atoms with Gasteiger partial charge in [-0.25, -0.2) is 0 Å². The van der Waals surface area contributed by atoms with Crippen LogP contribution in [0.2, 0.25) is 0 Å². The molecule has 7 nitrogen and oxygen atoms in total. The van der Waals surface area contributed by atoms with Crippen molar-refractivity contribution in [2.75, 3.05) is 27.9 Å². The van der Waals surface area contributed by atoms with Gasteiger partial charge in [-0.05, 0) is 36.8 Å². The largest absolute Gasteiger partial charge is 0.493 e. The molecule has 30 heavy (non-hydrogen) atoms. The number of nitrogens with zero attached hydrogens (tertiary/aromatic N) is 1. The lowest BCUT2D eigenvalue weighted by atomic mass is 9.56. The van der Waals surface area contributed by atoms with Crippen molar-refractivity contribution >= 4 is 22.8 Å². The Morgan fingerprint density at radius 2 is 1.97 bits per heavy atom. The van der Waals surface area contributed by atoms with E-state index >= 15 is 0 Å². The van der Waals surface area contributed by atoms with Crippen molar-refractivity contribution < 1.29 is 23.8 Å². The first-order valence-corrected chi connectivity index (χ1v) is 10.7. The number of nitrogens with one attached hydrogen (secondary N) is 1. The maximum Gasteiger partial charge on any atom is 0.319 e. The Balaban J connectivity index is 1.81. The normalized spacial score (nSPS) is 29.5. The van der Waals surface area contributed by atoms with Crippen molar-refractivity contribution in [3.05, 3.63) is 23.4 Å². The number of H-pyrrole nitrogens is 1. The summed E-state index contributed by atoms with van der Waals surface area (Å²) in [5, 5.41) is 1.01. The maximum atomic E-state index is 13.5. The van der Waals surface area contributed by atoms with E-state index in [1.165, 1.54) is 7.11 Å². The average Bonchev–Trinajstić information content (AvgIpc) is 3.08. The summed E-state index contributed by atoms with van der Waals surface area (Å²) in [6.07, 6.45) is 2.98. The third kappa shape index (κ3) is 2.26. The van der Waals surface area contributed by atoms with Crippen LogP contribution >= 0.6 is 0 Å². The van der Waals surface area contributed by atoms with Gasteiger partial charge in [0.25, 0.3) is 0 Å². The van der Waals surface area contributed by atoms with Gasteiger partial charge >= 0.3 is 5.97 Å². The lowest BCUT2D eigenvalue weighted by molar-refractivity contribution is -0.172. The molecule has 160 valence electrons. The van der Waals surface area contributed by atoms with Crippen molar-refractivity contribution in [2.45, 2.75) is 44.1 Å².